The van der Waals surface area contributed by atoms with Gasteiger partial charge in [-0.15, -0.1) is 0 Å². The Bertz CT molecular complexity index is 984. The fourth-order valence-corrected chi connectivity index (χ4v) is 3.17. The first kappa shape index (κ1) is 17.9. The van der Waals surface area contributed by atoms with E-state index >= 15 is 0 Å². The lowest BCUT2D eigenvalue weighted by Gasteiger charge is -2.33. The molecule has 2 heterocycles. The number of carbonyl (C=O) groups is 1. The van der Waals surface area contributed by atoms with Crippen LogP contribution in [0.25, 0.3) is 10.3 Å². The predicted octanol–water partition coefficient (Wildman–Crippen LogP) is 4.49. The first-order valence-corrected chi connectivity index (χ1v) is 8.50. The van der Waals surface area contributed by atoms with E-state index in [1.54, 1.807) is 32.9 Å². The molecular weight excluding hydrogens is 359 g/mol. The number of nitrogens with two attached hydrogens (primary N) is 1. The lowest BCUT2D eigenvalue weighted by atomic mass is 10.1. The lowest BCUT2D eigenvalue weighted by Crippen LogP contribution is -2.45. The van der Waals surface area contributed by atoms with Crippen LogP contribution >= 0.6 is 11.3 Å². The van der Waals surface area contributed by atoms with Gasteiger partial charge in [-0.25, -0.2) is 19.2 Å². The van der Waals surface area contributed by atoms with E-state index in [2.05, 4.69) is 9.97 Å². The number of hydrogen-bond donors (Lipinski definition) is 2. The van der Waals surface area contributed by atoms with Gasteiger partial charge in [-0.1, -0.05) is 11.3 Å². The summed E-state index contributed by atoms with van der Waals surface area (Å²) in [5.74, 6) is -0.120. The molecule has 9 heteroatoms. The third-order valence-corrected chi connectivity index (χ3v) is 4.28. The van der Waals surface area contributed by atoms with Gasteiger partial charge in [0.2, 0.25) is 5.88 Å². The molecule has 0 fully saturated rings. The highest BCUT2D eigenvalue weighted by molar-refractivity contribution is 7.21. The van der Waals surface area contributed by atoms with E-state index in [1.165, 1.54) is 23.5 Å². The highest BCUT2D eigenvalue weighted by Crippen LogP contribution is 2.33. The monoisotopic (exact) mass is 376 g/mol. The summed E-state index contributed by atoms with van der Waals surface area (Å²) < 4.78 is 19.9. The van der Waals surface area contributed by atoms with Crippen LogP contribution in [0.1, 0.15) is 20.8 Å². The SMILES string of the molecule is CC(C)(C)N(C(=O)O)c1cc(Oc2ccc3nc(N)sc3n2)ccc1F. The Morgan fingerprint density at radius 1 is 1.27 bits per heavy atom. The van der Waals surface area contributed by atoms with Crippen molar-refractivity contribution in [2.24, 2.45) is 0 Å². The van der Waals surface area contributed by atoms with Gasteiger partial charge in [0.15, 0.2) is 5.13 Å². The molecule has 1 amide bonds. The van der Waals surface area contributed by atoms with Crippen LogP contribution in [0.2, 0.25) is 0 Å². The van der Waals surface area contributed by atoms with E-state index in [-0.39, 0.29) is 17.3 Å². The third kappa shape index (κ3) is 3.52. The highest BCUT2D eigenvalue weighted by atomic mass is 32.1. The smallest absolute Gasteiger partial charge is 0.412 e. The number of ether oxygens (including phenoxy) is 1. The number of nitrogens with zero attached hydrogens (tertiary/aromatic N) is 3. The minimum Gasteiger partial charge on any atom is -0.465 e. The van der Waals surface area contributed by atoms with Crippen LogP contribution in [0.4, 0.5) is 20.0 Å². The van der Waals surface area contributed by atoms with E-state index in [4.69, 9.17) is 10.5 Å². The molecule has 0 atom stereocenters. The van der Waals surface area contributed by atoms with Crippen molar-refractivity contribution in [3.63, 3.8) is 0 Å². The minimum atomic E-state index is -1.26. The second-order valence-corrected chi connectivity index (χ2v) is 7.54. The van der Waals surface area contributed by atoms with Gasteiger partial charge in [-0.3, -0.25) is 4.90 Å². The number of anilines is 2. The number of benzene rings is 1. The van der Waals surface area contributed by atoms with Crippen molar-refractivity contribution in [1.82, 2.24) is 9.97 Å². The Morgan fingerprint density at radius 3 is 2.65 bits per heavy atom. The van der Waals surface area contributed by atoms with Crippen LogP contribution in [0.15, 0.2) is 30.3 Å². The van der Waals surface area contributed by atoms with Gasteiger partial charge in [0.25, 0.3) is 0 Å². The van der Waals surface area contributed by atoms with E-state index in [0.29, 0.717) is 15.5 Å². The Morgan fingerprint density at radius 2 is 2.00 bits per heavy atom. The Hall–Kier alpha value is -2.94. The van der Waals surface area contributed by atoms with E-state index in [9.17, 15) is 14.3 Å². The number of amides is 1. The van der Waals surface area contributed by atoms with E-state index in [0.717, 1.165) is 11.0 Å². The summed E-state index contributed by atoms with van der Waals surface area (Å²) >= 11 is 1.22. The second-order valence-electron chi connectivity index (χ2n) is 6.53. The molecule has 136 valence electrons. The maximum Gasteiger partial charge on any atom is 0.412 e. The standard InChI is InChI=1S/C17H17FN4O3S/c1-17(2,3)22(16(23)24)12-8-9(4-5-10(12)18)25-13-7-6-11-14(21-13)26-15(19)20-11/h4-8H,1-3H3,(H2,19,20)(H,23,24). The summed E-state index contributed by atoms with van der Waals surface area (Å²) in [6.45, 7) is 5.04. The van der Waals surface area contributed by atoms with Crippen molar-refractivity contribution in [1.29, 1.82) is 0 Å². The zero-order valence-corrected chi connectivity index (χ0v) is 15.2. The molecule has 7 nitrogen and oxygen atoms in total. The van der Waals surface area contributed by atoms with Gasteiger partial charge >= 0.3 is 6.09 Å². The summed E-state index contributed by atoms with van der Waals surface area (Å²) in [6.07, 6.45) is -1.26. The summed E-state index contributed by atoms with van der Waals surface area (Å²) in [7, 11) is 0. The van der Waals surface area contributed by atoms with Gasteiger partial charge < -0.3 is 15.6 Å². The quantitative estimate of drug-likeness (QED) is 0.698. The van der Waals surface area contributed by atoms with Crippen LogP contribution < -0.4 is 15.4 Å². The zero-order chi connectivity index (χ0) is 19.1. The van der Waals surface area contributed by atoms with Crippen molar-refractivity contribution in [2.75, 3.05) is 10.6 Å². The first-order valence-electron chi connectivity index (χ1n) is 7.69. The molecule has 0 saturated heterocycles. The molecule has 0 saturated carbocycles. The number of fused-ring (bicyclic) bond motifs is 1. The number of rotatable bonds is 3. The number of carboxylic acid groups (broad SMARTS) is 1. The molecule has 3 aromatic rings. The number of nitrogen functional groups attached to an aromatic ring is 1. The maximum atomic E-state index is 14.3. The molecule has 3 rings (SSSR count). The third-order valence-electron chi connectivity index (χ3n) is 3.49. The molecule has 0 radical (unpaired) electrons. The van der Waals surface area contributed by atoms with Crippen LogP contribution in [-0.4, -0.2) is 26.7 Å². The number of aromatic nitrogens is 2. The van der Waals surface area contributed by atoms with Crippen LogP contribution in [-0.2, 0) is 0 Å². The largest absolute Gasteiger partial charge is 0.465 e. The van der Waals surface area contributed by atoms with Crippen molar-refractivity contribution < 1.29 is 19.0 Å². The van der Waals surface area contributed by atoms with E-state index < -0.39 is 17.4 Å². The summed E-state index contributed by atoms with van der Waals surface area (Å²) in [5, 5.41) is 9.88. The average molecular weight is 376 g/mol. The van der Waals surface area contributed by atoms with Crippen LogP contribution in [0.3, 0.4) is 0 Å². The minimum absolute atomic E-state index is 0.0920. The van der Waals surface area contributed by atoms with Crippen molar-refractivity contribution in [3.8, 4) is 11.6 Å². The Labute approximate surface area is 152 Å². The molecule has 0 unspecified atom stereocenters. The van der Waals surface area contributed by atoms with Crippen molar-refractivity contribution in [2.45, 2.75) is 26.3 Å². The molecular formula is C17H17FN4O3S. The van der Waals surface area contributed by atoms with E-state index in [1.807, 2.05) is 0 Å². The number of thiazole rings is 1. The van der Waals surface area contributed by atoms with Gasteiger partial charge in [-0.05, 0) is 39.0 Å². The predicted molar refractivity (Wildman–Crippen MR) is 98.6 cm³/mol. The fourth-order valence-electron chi connectivity index (χ4n) is 2.47. The number of hydrogen-bond acceptors (Lipinski definition) is 6. The number of halogens is 1. The van der Waals surface area contributed by atoms with Crippen molar-refractivity contribution in [3.05, 3.63) is 36.1 Å². The summed E-state index contributed by atoms with van der Waals surface area (Å²) in [5.41, 5.74) is 5.39. The second kappa shape index (κ2) is 6.41. The molecule has 0 spiro atoms. The van der Waals surface area contributed by atoms with Crippen LogP contribution in [0, 0.1) is 5.82 Å². The van der Waals surface area contributed by atoms with Gasteiger partial charge in [0.05, 0.1) is 5.69 Å². The van der Waals surface area contributed by atoms with Gasteiger partial charge in [0, 0.05) is 17.7 Å². The molecule has 26 heavy (non-hydrogen) atoms. The molecule has 0 aliphatic heterocycles. The molecule has 0 bridgehead atoms. The van der Waals surface area contributed by atoms with Gasteiger partial charge in [0.1, 0.15) is 21.9 Å². The zero-order valence-electron chi connectivity index (χ0n) is 14.4. The first-order chi connectivity index (χ1) is 12.1. The molecule has 2 aromatic heterocycles. The van der Waals surface area contributed by atoms with Crippen LogP contribution in [0.5, 0.6) is 11.6 Å². The summed E-state index contributed by atoms with van der Waals surface area (Å²) in [6, 6.07) is 7.24. The molecule has 0 aliphatic carbocycles. The maximum absolute atomic E-state index is 14.3. The van der Waals surface area contributed by atoms with Crippen molar-refractivity contribution >= 4 is 38.6 Å². The Balaban J connectivity index is 1.96. The fraction of sp³-hybridized carbons (Fsp3) is 0.235. The lowest BCUT2D eigenvalue weighted by molar-refractivity contribution is 0.195. The average Bonchev–Trinajstić information content (AvgIpc) is 2.88. The normalized spacial score (nSPS) is 11.5. The molecule has 0 aliphatic rings. The topological polar surface area (TPSA) is 102 Å². The van der Waals surface area contributed by atoms with Gasteiger partial charge in [-0.2, -0.15) is 0 Å². The molecule has 1 aromatic carbocycles. The molecule has 3 N–H and O–H groups in total. The number of pyridine rings is 1. The summed E-state index contributed by atoms with van der Waals surface area (Å²) in [4.78, 5) is 21.6. The highest BCUT2D eigenvalue weighted by Gasteiger charge is 2.30. The Kier molecular flexibility index (Phi) is 4.41.